The predicted molar refractivity (Wildman–Crippen MR) is 84.9 cm³/mol. The lowest BCUT2D eigenvalue weighted by Gasteiger charge is -2.20. The quantitative estimate of drug-likeness (QED) is 0.785. The van der Waals surface area contributed by atoms with Crippen LogP contribution in [0.2, 0.25) is 0 Å². The van der Waals surface area contributed by atoms with Crippen molar-refractivity contribution in [1.82, 2.24) is 9.80 Å². The number of methoxy groups -OCH3 is 1. The fourth-order valence-corrected chi connectivity index (χ4v) is 2.43. The minimum Gasteiger partial charge on any atom is -0.453 e. The van der Waals surface area contributed by atoms with Crippen molar-refractivity contribution >= 4 is 23.6 Å². The fourth-order valence-electron chi connectivity index (χ4n) is 2.43. The molecular formula is C16H20FN3O4. The van der Waals surface area contributed by atoms with Gasteiger partial charge in [0.05, 0.1) is 7.11 Å². The van der Waals surface area contributed by atoms with Crippen LogP contribution in [0.15, 0.2) is 18.2 Å². The number of halogens is 1. The van der Waals surface area contributed by atoms with E-state index in [4.69, 9.17) is 0 Å². The standard InChI is InChI=1S/C16H20FN3O4/c1-11-4-5-12(10-13(11)17)18-14(21)15(22)19-6-3-7-20(9-8-19)16(23)24-2/h4-5,10H,3,6-9H2,1-2H3,(H,18,21). The maximum atomic E-state index is 13.5. The van der Waals surface area contributed by atoms with Crippen molar-refractivity contribution in [3.05, 3.63) is 29.6 Å². The molecule has 0 unspecified atom stereocenters. The van der Waals surface area contributed by atoms with E-state index in [-0.39, 0.29) is 12.2 Å². The number of nitrogens with one attached hydrogen (secondary N) is 1. The minimum atomic E-state index is -0.829. The highest BCUT2D eigenvalue weighted by Crippen LogP contribution is 2.14. The van der Waals surface area contributed by atoms with Gasteiger partial charge < -0.3 is 19.9 Å². The number of ether oxygens (including phenoxy) is 1. The summed E-state index contributed by atoms with van der Waals surface area (Å²) in [6.07, 6.45) is 0.0941. The molecule has 1 heterocycles. The first-order valence-corrected chi connectivity index (χ1v) is 7.61. The van der Waals surface area contributed by atoms with Crippen molar-refractivity contribution in [2.45, 2.75) is 13.3 Å². The van der Waals surface area contributed by atoms with Crippen LogP contribution < -0.4 is 5.32 Å². The van der Waals surface area contributed by atoms with Gasteiger partial charge in [-0.2, -0.15) is 0 Å². The van der Waals surface area contributed by atoms with E-state index in [2.05, 4.69) is 10.1 Å². The lowest BCUT2D eigenvalue weighted by Crippen LogP contribution is -2.42. The van der Waals surface area contributed by atoms with Crippen LogP contribution in [-0.4, -0.2) is 61.0 Å². The zero-order valence-corrected chi connectivity index (χ0v) is 13.7. The number of hydrogen-bond donors (Lipinski definition) is 1. The van der Waals surface area contributed by atoms with Gasteiger partial charge in [-0.3, -0.25) is 9.59 Å². The molecule has 0 radical (unpaired) electrons. The second-order valence-corrected chi connectivity index (χ2v) is 5.52. The molecule has 1 aliphatic heterocycles. The van der Waals surface area contributed by atoms with E-state index in [1.165, 1.54) is 35.1 Å². The van der Waals surface area contributed by atoms with Crippen molar-refractivity contribution in [3.8, 4) is 0 Å². The van der Waals surface area contributed by atoms with Crippen LogP contribution in [-0.2, 0) is 14.3 Å². The Morgan fingerprint density at radius 1 is 1.12 bits per heavy atom. The van der Waals surface area contributed by atoms with Gasteiger partial charge in [0, 0.05) is 31.9 Å². The average molecular weight is 337 g/mol. The van der Waals surface area contributed by atoms with E-state index < -0.39 is 23.7 Å². The summed E-state index contributed by atoms with van der Waals surface area (Å²) in [7, 11) is 1.30. The van der Waals surface area contributed by atoms with Crippen molar-refractivity contribution in [2.75, 3.05) is 38.6 Å². The van der Waals surface area contributed by atoms with Gasteiger partial charge >= 0.3 is 17.9 Å². The van der Waals surface area contributed by atoms with Gasteiger partial charge in [-0.1, -0.05) is 6.07 Å². The van der Waals surface area contributed by atoms with Crippen LogP contribution in [0.25, 0.3) is 0 Å². The lowest BCUT2D eigenvalue weighted by molar-refractivity contribution is -0.143. The number of nitrogens with zero attached hydrogens (tertiary/aromatic N) is 2. The molecule has 8 heteroatoms. The summed E-state index contributed by atoms with van der Waals surface area (Å²) in [5, 5.41) is 2.40. The molecule has 130 valence electrons. The molecule has 1 saturated heterocycles. The third kappa shape index (κ3) is 4.21. The molecule has 1 aromatic carbocycles. The van der Waals surface area contributed by atoms with E-state index in [9.17, 15) is 18.8 Å². The molecular weight excluding hydrogens is 317 g/mol. The number of rotatable bonds is 1. The molecule has 0 saturated carbocycles. The monoisotopic (exact) mass is 337 g/mol. The summed E-state index contributed by atoms with van der Waals surface area (Å²) < 4.78 is 18.2. The van der Waals surface area contributed by atoms with Crippen LogP contribution in [0.3, 0.4) is 0 Å². The molecule has 0 atom stereocenters. The first kappa shape index (κ1) is 17.7. The summed E-state index contributed by atoms with van der Waals surface area (Å²) in [5.41, 5.74) is 0.678. The molecule has 0 bridgehead atoms. The smallest absolute Gasteiger partial charge is 0.409 e. The van der Waals surface area contributed by atoms with Crippen LogP contribution >= 0.6 is 0 Å². The molecule has 3 amide bonds. The molecule has 1 fully saturated rings. The van der Waals surface area contributed by atoms with Gasteiger partial charge in [-0.15, -0.1) is 0 Å². The van der Waals surface area contributed by atoms with E-state index in [0.29, 0.717) is 31.6 Å². The Balaban J connectivity index is 1.96. The lowest BCUT2D eigenvalue weighted by atomic mass is 10.2. The Labute approximate surface area is 139 Å². The number of amides is 3. The van der Waals surface area contributed by atoms with Gasteiger partial charge in [0.15, 0.2) is 0 Å². The third-order valence-electron chi connectivity index (χ3n) is 3.84. The first-order valence-electron chi connectivity index (χ1n) is 7.61. The topological polar surface area (TPSA) is 79.0 Å². The molecule has 0 spiro atoms. The number of anilines is 1. The normalized spacial score (nSPS) is 14.8. The van der Waals surface area contributed by atoms with E-state index in [0.717, 1.165) is 0 Å². The average Bonchev–Trinajstić information content (AvgIpc) is 2.82. The maximum Gasteiger partial charge on any atom is 0.409 e. The second-order valence-electron chi connectivity index (χ2n) is 5.52. The molecule has 1 aliphatic rings. The van der Waals surface area contributed by atoms with Gasteiger partial charge in [0.1, 0.15) is 5.82 Å². The summed E-state index contributed by atoms with van der Waals surface area (Å²) >= 11 is 0. The van der Waals surface area contributed by atoms with Crippen molar-refractivity contribution < 1.29 is 23.5 Å². The molecule has 24 heavy (non-hydrogen) atoms. The SMILES string of the molecule is COC(=O)N1CCCN(C(=O)C(=O)Nc2ccc(C)c(F)c2)CC1. The van der Waals surface area contributed by atoms with Crippen LogP contribution in [0.1, 0.15) is 12.0 Å². The highest BCUT2D eigenvalue weighted by Gasteiger charge is 2.26. The van der Waals surface area contributed by atoms with Crippen LogP contribution in [0, 0.1) is 12.7 Å². The van der Waals surface area contributed by atoms with Crippen molar-refractivity contribution in [1.29, 1.82) is 0 Å². The van der Waals surface area contributed by atoms with Crippen molar-refractivity contribution in [3.63, 3.8) is 0 Å². The van der Waals surface area contributed by atoms with Crippen molar-refractivity contribution in [2.24, 2.45) is 0 Å². The minimum absolute atomic E-state index is 0.224. The van der Waals surface area contributed by atoms with E-state index in [1.807, 2.05) is 0 Å². The maximum absolute atomic E-state index is 13.5. The van der Waals surface area contributed by atoms with Gasteiger partial charge in [-0.25, -0.2) is 9.18 Å². The fraction of sp³-hybridized carbons (Fsp3) is 0.438. The van der Waals surface area contributed by atoms with Gasteiger partial charge in [0.2, 0.25) is 0 Å². The number of carbonyl (C=O) groups is 3. The second kappa shape index (κ2) is 7.76. The zero-order chi connectivity index (χ0) is 17.7. The Kier molecular flexibility index (Phi) is 5.73. The molecule has 0 aliphatic carbocycles. The zero-order valence-electron chi connectivity index (χ0n) is 13.7. The van der Waals surface area contributed by atoms with Gasteiger partial charge in [-0.05, 0) is 31.0 Å². The predicted octanol–water partition coefficient (Wildman–Crippen LogP) is 1.37. The largest absolute Gasteiger partial charge is 0.453 e. The summed E-state index contributed by atoms with van der Waals surface area (Å²) in [5.74, 6) is -1.99. The van der Waals surface area contributed by atoms with Crippen LogP contribution in [0.4, 0.5) is 14.9 Å². The Bertz CT molecular complexity index is 650. The van der Waals surface area contributed by atoms with Crippen LogP contribution in [0.5, 0.6) is 0 Å². The number of hydrogen-bond acceptors (Lipinski definition) is 4. The Hall–Kier alpha value is -2.64. The van der Waals surface area contributed by atoms with Gasteiger partial charge in [0.25, 0.3) is 0 Å². The summed E-state index contributed by atoms with van der Waals surface area (Å²) in [6.45, 7) is 2.97. The summed E-state index contributed by atoms with van der Waals surface area (Å²) in [6, 6.07) is 4.22. The highest BCUT2D eigenvalue weighted by molar-refractivity contribution is 6.39. The first-order chi connectivity index (χ1) is 11.4. The molecule has 0 aromatic heterocycles. The Morgan fingerprint density at radius 2 is 1.79 bits per heavy atom. The molecule has 2 rings (SSSR count). The summed E-state index contributed by atoms with van der Waals surface area (Å²) in [4.78, 5) is 38.7. The molecule has 1 aromatic rings. The number of benzene rings is 1. The Morgan fingerprint density at radius 3 is 2.46 bits per heavy atom. The molecule has 7 nitrogen and oxygen atoms in total. The number of aryl methyl sites for hydroxylation is 1. The highest BCUT2D eigenvalue weighted by atomic mass is 19.1. The van der Waals surface area contributed by atoms with E-state index in [1.54, 1.807) is 6.92 Å². The third-order valence-corrected chi connectivity index (χ3v) is 3.84. The van der Waals surface area contributed by atoms with E-state index >= 15 is 0 Å². The molecule has 1 N–H and O–H groups in total. The number of carbonyl (C=O) groups excluding carboxylic acids is 3.